The Balaban J connectivity index is 4.08. The van der Waals surface area contributed by atoms with Crippen LogP contribution in [0.25, 0.3) is 0 Å². The van der Waals surface area contributed by atoms with Crippen LogP contribution in [0.15, 0.2) is 12.2 Å². The summed E-state index contributed by atoms with van der Waals surface area (Å²) < 4.78 is 5.78. The minimum Gasteiger partial charge on any atom is -0.375 e. The quantitative estimate of drug-likeness (QED) is 0.619. The lowest BCUT2D eigenvalue weighted by Gasteiger charge is -2.27. The van der Waals surface area contributed by atoms with Gasteiger partial charge in [0, 0.05) is 5.41 Å². The average molecular weight is 198 g/mol. The number of hydrogen-bond donors (Lipinski definition) is 0. The molecule has 14 heavy (non-hydrogen) atoms. The van der Waals surface area contributed by atoms with Crippen molar-refractivity contribution >= 4 is 0 Å². The van der Waals surface area contributed by atoms with E-state index in [1.807, 2.05) is 0 Å². The molecular formula is C13H26O. The Labute approximate surface area is 89.5 Å². The highest BCUT2D eigenvalue weighted by Gasteiger charge is 2.19. The molecule has 0 aliphatic carbocycles. The normalized spacial score (nSPS) is 14.3. The third-order valence-corrected chi connectivity index (χ3v) is 1.81. The highest BCUT2D eigenvalue weighted by molar-refractivity contribution is 4.96. The van der Waals surface area contributed by atoms with Crippen LogP contribution < -0.4 is 0 Å². The molecule has 0 aromatic carbocycles. The average Bonchev–Trinajstić information content (AvgIpc) is 1.97. The third-order valence-electron chi connectivity index (χ3n) is 1.81. The third kappa shape index (κ3) is 8.31. The first-order valence-electron chi connectivity index (χ1n) is 5.46. The number of rotatable bonds is 4. The summed E-state index contributed by atoms with van der Waals surface area (Å²) in [6.07, 6.45) is 4.50. The molecule has 0 unspecified atom stereocenters. The summed E-state index contributed by atoms with van der Waals surface area (Å²) in [7, 11) is 0. The van der Waals surface area contributed by atoms with Gasteiger partial charge in [-0.05, 0) is 26.7 Å². The first-order valence-corrected chi connectivity index (χ1v) is 5.46. The van der Waals surface area contributed by atoms with Crippen molar-refractivity contribution in [1.29, 1.82) is 0 Å². The van der Waals surface area contributed by atoms with Gasteiger partial charge in [0.2, 0.25) is 0 Å². The molecule has 0 heterocycles. The van der Waals surface area contributed by atoms with Gasteiger partial charge in [-0.3, -0.25) is 0 Å². The lowest BCUT2D eigenvalue weighted by molar-refractivity contribution is -0.0316. The van der Waals surface area contributed by atoms with Gasteiger partial charge in [-0.2, -0.15) is 0 Å². The molecule has 0 spiro atoms. The molecule has 0 aliphatic heterocycles. The predicted octanol–water partition coefficient (Wildman–Crippen LogP) is 4.04. The fourth-order valence-electron chi connectivity index (χ4n) is 0.904. The van der Waals surface area contributed by atoms with Crippen molar-refractivity contribution in [3.63, 3.8) is 0 Å². The molecule has 0 aliphatic rings. The molecule has 84 valence electrons. The molecule has 0 bridgehead atoms. The second-order valence-electron chi connectivity index (χ2n) is 5.99. The highest BCUT2D eigenvalue weighted by Crippen LogP contribution is 2.21. The van der Waals surface area contributed by atoms with Gasteiger partial charge in [0.25, 0.3) is 0 Å². The molecule has 0 N–H and O–H groups in total. The second-order valence-corrected chi connectivity index (χ2v) is 5.99. The van der Waals surface area contributed by atoms with Crippen molar-refractivity contribution in [2.45, 2.75) is 54.1 Å². The van der Waals surface area contributed by atoms with E-state index in [-0.39, 0.29) is 11.0 Å². The fourth-order valence-corrected chi connectivity index (χ4v) is 0.904. The maximum atomic E-state index is 5.78. The van der Waals surface area contributed by atoms with Gasteiger partial charge < -0.3 is 4.74 Å². The van der Waals surface area contributed by atoms with E-state index in [2.05, 4.69) is 60.6 Å². The molecule has 0 fully saturated rings. The van der Waals surface area contributed by atoms with Gasteiger partial charge in [-0.25, -0.2) is 0 Å². The number of ether oxygens (including phenoxy) is 1. The van der Waals surface area contributed by atoms with Crippen molar-refractivity contribution < 1.29 is 4.74 Å². The molecule has 1 nitrogen and oxygen atoms in total. The van der Waals surface area contributed by atoms with Crippen LogP contribution in [0.4, 0.5) is 0 Å². The molecule has 0 atom stereocenters. The SMILES string of the molecule is CC(C)/C=C/C(C)(C)COC(C)(C)C. The zero-order chi connectivity index (χ0) is 11.4. The van der Waals surface area contributed by atoms with Crippen LogP contribution in [0.1, 0.15) is 48.5 Å². The standard InChI is InChI=1S/C13H26O/c1-11(2)8-9-13(6,7)10-14-12(3,4)5/h8-9,11H,10H2,1-7H3/b9-8+. The van der Waals surface area contributed by atoms with E-state index in [0.29, 0.717) is 5.92 Å². The predicted molar refractivity (Wildman–Crippen MR) is 63.5 cm³/mol. The van der Waals surface area contributed by atoms with E-state index in [9.17, 15) is 0 Å². The van der Waals surface area contributed by atoms with Gasteiger partial charge in [0.05, 0.1) is 12.2 Å². The summed E-state index contributed by atoms with van der Waals surface area (Å²) in [5, 5.41) is 0. The molecule has 1 heteroatoms. The van der Waals surface area contributed by atoms with E-state index >= 15 is 0 Å². The van der Waals surface area contributed by atoms with Gasteiger partial charge >= 0.3 is 0 Å². The van der Waals surface area contributed by atoms with E-state index in [4.69, 9.17) is 4.74 Å². The maximum absolute atomic E-state index is 5.78. The Morgan fingerprint density at radius 3 is 1.93 bits per heavy atom. The fraction of sp³-hybridized carbons (Fsp3) is 0.846. The Morgan fingerprint density at radius 2 is 1.57 bits per heavy atom. The molecule has 0 aromatic rings. The summed E-state index contributed by atoms with van der Waals surface area (Å²) in [6, 6.07) is 0. The summed E-state index contributed by atoms with van der Waals surface area (Å²) in [4.78, 5) is 0. The van der Waals surface area contributed by atoms with Crippen molar-refractivity contribution in [3.05, 3.63) is 12.2 Å². The Morgan fingerprint density at radius 1 is 1.07 bits per heavy atom. The van der Waals surface area contributed by atoms with Gasteiger partial charge in [-0.15, -0.1) is 0 Å². The minimum atomic E-state index is -0.0387. The molecular weight excluding hydrogens is 172 g/mol. The maximum Gasteiger partial charge on any atom is 0.0598 e. The van der Waals surface area contributed by atoms with Crippen molar-refractivity contribution in [3.8, 4) is 0 Å². The molecule has 0 rings (SSSR count). The van der Waals surface area contributed by atoms with Gasteiger partial charge in [-0.1, -0.05) is 39.8 Å². The first-order chi connectivity index (χ1) is 6.12. The monoisotopic (exact) mass is 198 g/mol. The van der Waals surface area contributed by atoms with Crippen LogP contribution >= 0.6 is 0 Å². The zero-order valence-corrected chi connectivity index (χ0v) is 10.8. The zero-order valence-electron chi connectivity index (χ0n) is 10.8. The number of allylic oxidation sites excluding steroid dienone is 1. The largest absolute Gasteiger partial charge is 0.375 e. The summed E-state index contributed by atoms with van der Waals surface area (Å²) in [6.45, 7) is 15.9. The van der Waals surface area contributed by atoms with Crippen LogP contribution in [-0.4, -0.2) is 12.2 Å². The van der Waals surface area contributed by atoms with E-state index < -0.39 is 0 Å². The topological polar surface area (TPSA) is 9.23 Å². The Bertz CT molecular complexity index is 182. The first kappa shape index (κ1) is 13.7. The van der Waals surface area contributed by atoms with E-state index in [0.717, 1.165) is 6.61 Å². The number of hydrogen-bond acceptors (Lipinski definition) is 1. The van der Waals surface area contributed by atoms with Gasteiger partial charge in [0.15, 0.2) is 0 Å². The summed E-state index contributed by atoms with van der Waals surface area (Å²) >= 11 is 0. The van der Waals surface area contributed by atoms with Crippen LogP contribution in [-0.2, 0) is 4.74 Å². The van der Waals surface area contributed by atoms with Crippen molar-refractivity contribution in [2.75, 3.05) is 6.61 Å². The molecule has 0 saturated carbocycles. The smallest absolute Gasteiger partial charge is 0.0598 e. The molecule has 0 amide bonds. The minimum absolute atomic E-state index is 0.0387. The summed E-state index contributed by atoms with van der Waals surface area (Å²) in [5.41, 5.74) is 0.0977. The van der Waals surface area contributed by atoms with E-state index in [1.165, 1.54) is 0 Å². The molecule has 0 aromatic heterocycles. The Hall–Kier alpha value is -0.300. The van der Waals surface area contributed by atoms with Crippen LogP contribution in [0.5, 0.6) is 0 Å². The van der Waals surface area contributed by atoms with Crippen LogP contribution in [0.2, 0.25) is 0 Å². The van der Waals surface area contributed by atoms with Gasteiger partial charge in [0.1, 0.15) is 0 Å². The van der Waals surface area contributed by atoms with Crippen molar-refractivity contribution in [2.24, 2.45) is 11.3 Å². The van der Waals surface area contributed by atoms with Crippen molar-refractivity contribution in [1.82, 2.24) is 0 Å². The molecule has 0 radical (unpaired) electrons. The highest BCUT2D eigenvalue weighted by atomic mass is 16.5. The van der Waals surface area contributed by atoms with Crippen LogP contribution in [0, 0.1) is 11.3 Å². The lowest BCUT2D eigenvalue weighted by Crippen LogP contribution is -2.26. The lowest BCUT2D eigenvalue weighted by atomic mass is 9.92. The Kier molecular flexibility index (Phi) is 4.87. The second kappa shape index (κ2) is 4.97. The summed E-state index contributed by atoms with van der Waals surface area (Å²) in [5.74, 6) is 0.615. The van der Waals surface area contributed by atoms with Crippen LogP contribution in [0.3, 0.4) is 0 Å². The van der Waals surface area contributed by atoms with E-state index in [1.54, 1.807) is 0 Å². The molecule has 0 saturated heterocycles.